The van der Waals surface area contributed by atoms with E-state index in [0.717, 1.165) is 27.5 Å². The van der Waals surface area contributed by atoms with Crippen molar-refractivity contribution >= 4 is 29.4 Å². The highest BCUT2D eigenvalue weighted by atomic mass is 32.2. The Kier molecular flexibility index (Phi) is 8.52. The van der Waals surface area contributed by atoms with Gasteiger partial charge in [0.05, 0.1) is 6.42 Å². The van der Waals surface area contributed by atoms with E-state index in [2.05, 4.69) is 24.0 Å². The van der Waals surface area contributed by atoms with E-state index in [1.807, 2.05) is 66.7 Å². The summed E-state index contributed by atoms with van der Waals surface area (Å²) in [6, 6.07) is 25.3. The quantitative estimate of drug-likeness (QED) is 0.409. The highest BCUT2D eigenvalue weighted by Crippen LogP contribution is 2.31. The number of carboxylic acids is 1. The van der Waals surface area contributed by atoms with Gasteiger partial charge < -0.3 is 10.4 Å². The average Bonchev–Trinajstić information content (AvgIpc) is 2.80. The van der Waals surface area contributed by atoms with Gasteiger partial charge in [0, 0.05) is 28.6 Å². The summed E-state index contributed by atoms with van der Waals surface area (Å²) in [7, 11) is 0. The van der Waals surface area contributed by atoms with Crippen LogP contribution in [0.2, 0.25) is 0 Å². The molecular formula is C26H26N2O3S. The minimum atomic E-state index is -0.844. The van der Waals surface area contributed by atoms with Gasteiger partial charge in [0.2, 0.25) is 0 Å². The summed E-state index contributed by atoms with van der Waals surface area (Å²) in [5.41, 5.74) is 2.75. The van der Waals surface area contributed by atoms with Crippen LogP contribution in [-0.2, 0) is 17.6 Å². The van der Waals surface area contributed by atoms with Crippen LogP contribution in [0.1, 0.15) is 11.1 Å². The SMILES string of the molecule is C=CCNC(=O)N(CCc1ccccc1)c1cccc(Sc2ccc(CC(=O)O)cc2)c1. The van der Waals surface area contributed by atoms with Crippen LogP contribution in [0.4, 0.5) is 10.5 Å². The van der Waals surface area contributed by atoms with Gasteiger partial charge in [0.1, 0.15) is 0 Å². The van der Waals surface area contributed by atoms with Gasteiger partial charge in [0.25, 0.3) is 0 Å². The minimum absolute atomic E-state index is 0.0105. The van der Waals surface area contributed by atoms with Crippen LogP contribution in [0.25, 0.3) is 0 Å². The maximum atomic E-state index is 12.8. The highest BCUT2D eigenvalue weighted by molar-refractivity contribution is 7.99. The molecule has 0 heterocycles. The van der Waals surface area contributed by atoms with Crippen molar-refractivity contribution < 1.29 is 14.7 Å². The Morgan fingerprint density at radius 1 is 0.938 bits per heavy atom. The molecule has 2 amide bonds. The third-order valence-corrected chi connectivity index (χ3v) is 5.75. The van der Waals surface area contributed by atoms with Crippen molar-refractivity contribution in [3.63, 3.8) is 0 Å². The highest BCUT2D eigenvalue weighted by Gasteiger charge is 2.16. The number of benzene rings is 3. The van der Waals surface area contributed by atoms with Crippen molar-refractivity contribution in [1.82, 2.24) is 5.32 Å². The van der Waals surface area contributed by atoms with Gasteiger partial charge in [-0.3, -0.25) is 9.69 Å². The number of rotatable bonds is 10. The van der Waals surface area contributed by atoms with Crippen molar-refractivity contribution in [3.8, 4) is 0 Å². The molecule has 0 aliphatic rings. The first-order valence-corrected chi connectivity index (χ1v) is 11.2. The molecule has 0 aliphatic heterocycles. The van der Waals surface area contributed by atoms with Crippen molar-refractivity contribution in [2.45, 2.75) is 22.6 Å². The van der Waals surface area contributed by atoms with Crippen LogP contribution in [0.15, 0.2) is 101 Å². The maximum Gasteiger partial charge on any atom is 0.322 e. The van der Waals surface area contributed by atoms with Crippen molar-refractivity contribution in [1.29, 1.82) is 0 Å². The van der Waals surface area contributed by atoms with Gasteiger partial charge in [-0.25, -0.2) is 4.79 Å². The van der Waals surface area contributed by atoms with E-state index in [9.17, 15) is 9.59 Å². The Morgan fingerprint density at radius 2 is 1.69 bits per heavy atom. The molecule has 5 nitrogen and oxygen atoms in total. The number of carbonyl (C=O) groups excluding carboxylic acids is 1. The number of carbonyl (C=O) groups is 2. The zero-order valence-electron chi connectivity index (χ0n) is 17.7. The number of nitrogens with zero attached hydrogens (tertiary/aromatic N) is 1. The van der Waals surface area contributed by atoms with E-state index in [1.54, 1.807) is 22.7 Å². The van der Waals surface area contributed by atoms with E-state index in [-0.39, 0.29) is 12.5 Å². The number of anilines is 1. The normalized spacial score (nSPS) is 10.4. The van der Waals surface area contributed by atoms with E-state index in [1.165, 1.54) is 5.56 Å². The lowest BCUT2D eigenvalue weighted by Crippen LogP contribution is -2.41. The summed E-state index contributed by atoms with van der Waals surface area (Å²) >= 11 is 1.57. The largest absolute Gasteiger partial charge is 0.481 e. The Balaban J connectivity index is 1.75. The third-order valence-electron chi connectivity index (χ3n) is 4.75. The number of carboxylic acid groups (broad SMARTS) is 1. The second-order valence-corrected chi connectivity index (χ2v) is 8.32. The predicted octanol–water partition coefficient (Wildman–Crippen LogP) is 5.41. The van der Waals surface area contributed by atoms with Crippen molar-refractivity contribution in [3.05, 3.63) is 103 Å². The average molecular weight is 447 g/mol. The molecule has 6 heteroatoms. The van der Waals surface area contributed by atoms with Crippen LogP contribution in [-0.4, -0.2) is 30.2 Å². The van der Waals surface area contributed by atoms with Crippen LogP contribution >= 0.6 is 11.8 Å². The molecule has 0 aliphatic carbocycles. The number of nitrogens with one attached hydrogen (secondary N) is 1. The Bertz CT molecular complexity index is 1050. The molecule has 0 unspecified atom stereocenters. The Hall–Kier alpha value is -3.51. The summed E-state index contributed by atoms with van der Waals surface area (Å²) in [6.07, 6.45) is 2.41. The smallest absolute Gasteiger partial charge is 0.322 e. The van der Waals surface area contributed by atoms with Crippen molar-refractivity contribution in [2.75, 3.05) is 18.0 Å². The Morgan fingerprint density at radius 3 is 2.38 bits per heavy atom. The Labute approximate surface area is 192 Å². The van der Waals surface area contributed by atoms with Crippen LogP contribution in [0.5, 0.6) is 0 Å². The summed E-state index contributed by atoms with van der Waals surface area (Å²) < 4.78 is 0. The standard InChI is InChI=1S/C26H26N2O3S/c1-2-16-27-26(31)28(17-15-20-7-4-3-5-8-20)22-9-6-10-24(19-22)32-23-13-11-21(12-14-23)18-25(29)30/h2-14,19H,1,15-18H2,(H,27,31)(H,29,30). The number of hydrogen-bond donors (Lipinski definition) is 2. The molecule has 0 fully saturated rings. The first-order chi connectivity index (χ1) is 15.5. The lowest BCUT2D eigenvalue weighted by molar-refractivity contribution is -0.136. The second-order valence-electron chi connectivity index (χ2n) is 7.18. The van der Waals surface area contributed by atoms with Crippen LogP contribution in [0.3, 0.4) is 0 Å². The summed E-state index contributed by atoms with van der Waals surface area (Å²) in [5.74, 6) is -0.844. The fourth-order valence-corrected chi connectivity index (χ4v) is 4.06. The fourth-order valence-electron chi connectivity index (χ4n) is 3.19. The molecule has 0 atom stereocenters. The molecule has 0 saturated carbocycles. The molecule has 0 bridgehead atoms. The van der Waals surface area contributed by atoms with Gasteiger partial charge in [-0.15, -0.1) is 6.58 Å². The van der Waals surface area contributed by atoms with Gasteiger partial charge in [-0.05, 0) is 47.9 Å². The van der Waals surface area contributed by atoms with Gasteiger partial charge >= 0.3 is 12.0 Å². The number of urea groups is 1. The fraction of sp³-hybridized carbons (Fsp3) is 0.154. The number of amides is 2. The van der Waals surface area contributed by atoms with E-state index < -0.39 is 5.97 Å². The van der Waals surface area contributed by atoms with Crippen LogP contribution < -0.4 is 10.2 Å². The molecule has 0 saturated heterocycles. The monoisotopic (exact) mass is 446 g/mol. The molecule has 3 rings (SSSR count). The minimum Gasteiger partial charge on any atom is -0.481 e. The summed E-state index contributed by atoms with van der Waals surface area (Å²) in [5, 5.41) is 11.8. The van der Waals surface area contributed by atoms with Crippen molar-refractivity contribution in [2.24, 2.45) is 0 Å². The maximum absolute atomic E-state index is 12.8. The molecule has 2 N–H and O–H groups in total. The summed E-state index contributed by atoms with van der Waals surface area (Å²) in [4.78, 5) is 27.4. The lowest BCUT2D eigenvalue weighted by atomic mass is 10.1. The number of aliphatic carboxylic acids is 1. The zero-order chi connectivity index (χ0) is 22.8. The number of hydrogen-bond acceptors (Lipinski definition) is 3. The molecule has 0 radical (unpaired) electrons. The lowest BCUT2D eigenvalue weighted by Gasteiger charge is -2.23. The molecule has 0 aromatic heterocycles. The summed E-state index contributed by atoms with van der Waals surface area (Å²) in [6.45, 7) is 4.62. The van der Waals surface area contributed by atoms with E-state index >= 15 is 0 Å². The van der Waals surface area contributed by atoms with E-state index in [4.69, 9.17) is 5.11 Å². The molecule has 164 valence electrons. The molecule has 3 aromatic rings. The zero-order valence-corrected chi connectivity index (χ0v) is 18.6. The van der Waals surface area contributed by atoms with E-state index in [0.29, 0.717) is 13.1 Å². The molecule has 32 heavy (non-hydrogen) atoms. The predicted molar refractivity (Wildman–Crippen MR) is 129 cm³/mol. The topological polar surface area (TPSA) is 69.6 Å². The molecule has 3 aromatic carbocycles. The molecular weight excluding hydrogens is 420 g/mol. The van der Waals surface area contributed by atoms with Gasteiger partial charge in [0.15, 0.2) is 0 Å². The van der Waals surface area contributed by atoms with Gasteiger partial charge in [-0.1, -0.05) is 66.4 Å². The van der Waals surface area contributed by atoms with Crippen LogP contribution in [0, 0.1) is 0 Å². The second kappa shape index (κ2) is 11.8. The molecule has 0 spiro atoms. The third kappa shape index (κ3) is 7.03. The first-order valence-electron chi connectivity index (χ1n) is 10.3. The first kappa shape index (κ1) is 23.2. The van der Waals surface area contributed by atoms with Gasteiger partial charge in [-0.2, -0.15) is 0 Å².